The Hall–Kier alpha value is -2.74. The van der Waals surface area contributed by atoms with E-state index in [-0.39, 0.29) is 6.61 Å². The molecule has 0 aliphatic carbocycles. The number of carbonyl (C=O) groups is 2. The maximum Gasteiger partial charge on any atom is 0.338 e. The Bertz CT molecular complexity index is 747. The topological polar surface area (TPSA) is 102 Å². The standard InChI is InChI=1S/C19H18O7/c20-15-16(26-18(22)13-9-5-2-6-10-13)14(25-19(15)23)11-24-17(21)12-7-3-1-4-8-12/h1-10,14-16,19-20,23H,11H2/t14-,15-,16-,19+/m0/s1. The molecule has 26 heavy (non-hydrogen) atoms. The smallest absolute Gasteiger partial charge is 0.338 e. The van der Waals surface area contributed by atoms with Crippen LogP contribution in [0.3, 0.4) is 0 Å². The molecule has 2 N–H and O–H groups in total. The Morgan fingerprint density at radius 3 is 2.00 bits per heavy atom. The van der Waals surface area contributed by atoms with Gasteiger partial charge in [0, 0.05) is 0 Å². The third-order valence-electron chi connectivity index (χ3n) is 3.95. The fourth-order valence-electron chi connectivity index (χ4n) is 2.58. The van der Waals surface area contributed by atoms with Crippen LogP contribution < -0.4 is 0 Å². The highest BCUT2D eigenvalue weighted by Gasteiger charge is 2.46. The maximum atomic E-state index is 12.2. The van der Waals surface area contributed by atoms with Crippen molar-refractivity contribution >= 4 is 11.9 Å². The van der Waals surface area contributed by atoms with Gasteiger partial charge in [0.1, 0.15) is 18.8 Å². The normalized spacial score (nSPS) is 24.8. The number of ether oxygens (including phenoxy) is 3. The molecule has 0 saturated carbocycles. The fourth-order valence-corrected chi connectivity index (χ4v) is 2.58. The first-order valence-corrected chi connectivity index (χ1v) is 8.06. The van der Waals surface area contributed by atoms with E-state index in [1.54, 1.807) is 60.7 Å². The molecule has 2 aromatic rings. The van der Waals surface area contributed by atoms with E-state index in [4.69, 9.17) is 14.2 Å². The molecule has 2 aromatic carbocycles. The van der Waals surface area contributed by atoms with E-state index in [2.05, 4.69) is 0 Å². The first-order valence-electron chi connectivity index (χ1n) is 8.06. The molecule has 0 aromatic heterocycles. The zero-order valence-electron chi connectivity index (χ0n) is 13.7. The van der Waals surface area contributed by atoms with Gasteiger partial charge in [0.2, 0.25) is 0 Å². The SMILES string of the molecule is O=C(OC[C@@H]1O[C@@H](O)[C@@H](O)[C@H]1OC(=O)c1ccccc1)c1ccccc1. The van der Waals surface area contributed by atoms with Crippen LogP contribution >= 0.6 is 0 Å². The molecule has 0 bridgehead atoms. The first kappa shape index (κ1) is 18.1. The summed E-state index contributed by atoms with van der Waals surface area (Å²) in [6.07, 6.45) is -5.13. The number of aliphatic hydroxyl groups is 2. The van der Waals surface area contributed by atoms with Crippen LogP contribution in [0.15, 0.2) is 60.7 Å². The van der Waals surface area contributed by atoms with Crippen LogP contribution in [-0.2, 0) is 14.2 Å². The van der Waals surface area contributed by atoms with Crippen molar-refractivity contribution in [2.24, 2.45) is 0 Å². The van der Waals surface area contributed by atoms with Gasteiger partial charge in [-0.3, -0.25) is 0 Å². The molecule has 0 amide bonds. The zero-order chi connectivity index (χ0) is 18.5. The van der Waals surface area contributed by atoms with Crippen LogP contribution in [0.4, 0.5) is 0 Å². The Labute approximate surface area is 149 Å². The quantitative estimate of drug-likeness (QED) is 0.773. The number of carbonyl (C=O) groups excluding carboxylic acids is 2. The number of hydrogen-bond acceptors (Lipinski definition) is 7. The van der Waals surface area contributed by atoms with Crippen LogP contribution in [0.1, 0.15) is 20.7 Å². The molecule has 7 nitrogen and oxygen atoms in total. The number of hydrogen-bond donors (Lipinski definition) is 2. The molecule has 7 heteroatoms. The van der Waals surface area contributed by atoms with Crippen LogP contribution in [0.5, 0.6) is 0 Å². The minimum atomic E-state index is -1.54. The lowest BCUT2D eigenvalue weighted by Gasteiger charge is -2.20. The molecule has 3 rings (SSSR count). The summed E-state index contributed by atoms with van der Waals surface area (Å²) in [5.74, 6) is -1.26. The Morgan fingerprint density at radius 2 is 1.42 bits per heavy atom. The summed E-state index contributed by atoms with van der Waals surface area (Å²) < 4.78 is 15.6. The molecule has 4 atom stereocenters. The van der Waals surface area contributed by atoms with Gasteiger partial charge in [-0.2, -0.15) is 0 Å². The molecular formula is C19H18O7. The van der Waals surface area contributed by atoms with E-state index in [1.807, 2.05) is 0 Å². The fraction of sp³-hybridized carbons (Fsp3) is 0.263. The van der Waals surface area contributed by atoms with Gasteiger partial charge >= 0.3 is 11.9 Å². The second kappa shape index (κ2) is 8.09. The minimum Gasteiger partial charge on any atom is -0.459 e. The lowest BCUT2D eigenvalue weighted by molar-refractivity contribution is -0.133. The highest BCUT2D eigenvalue weighted by atomic mass is 16.7. The van der Waals surface area contributed by atoms with Crippen molar-refractivity contribution in [3.8, 4) is 0 Å². The molecular weight excluding hydrogens is 340 g/mol. The summed E-state index contributed by atoms with van der Waals surface area (Å²) in [7, 11) is 0. The average molecular weight is 358 g/mol. The average Bonchev–Trinajstić information content (AvgIpc) is 2.95. The van der Waals surface area contributed by atoms with Gasteiger partial charge in [-0.1, -0.05) is 36.4 Å². The van der Waals surface area contributed by atoms with Crippen LogP contribution in [-0.4, -0.2) is 53.4 Å². The number of rotatable bonds is 5. The molecule has 136 valence electrons. The van der Waals surface area contributed by atoms with Gasteiger partial charge in [-0.25, -0.2) is 9.59 Å². The monoisotopic (exact) mass is 358 g/mol. The highest BCUT2D eigenvalue weighted by molar-refractivity contribution is 5.90. The summed E-state index contributed by atoms with van der Waals surface area (Å²) in [5.41, 5.74) is 0.644. The van der Waals surface area contributed by atoms with E-state index >= 15 is 0 Å². The first-order chi connectivity index (χ1) is 12.6. The predicted octanol–water partition coefficient (Wildman–Crippen LogP) is 1.15. The summed E-state index contributed by atoms with van der Waals surface area (Å²) in [4.78, 5) is 24.2. The van der Waals surface area contributed by atoms with Gasteiger partial charge in [0.05, 0.1) is 11.1 Å². The van der Waals surface area contributed by atoms with Crippen molar-refractivity contribution in [1.82, 2.24) is 0 Å². The van der Waals surface area contributed by atoms with Crippen LogP contribution in [0, 0.1) is 0 Å². The van der Waals surface area contributed by atoms with Crippen molar-refractivity contribution in [2.45, 2.75) is 24.6 Å². The summed E-state index contributed by atoms with van der Waals surface area (Å²) in [6, 6.07) is 16.6. The van der Waals surface area contributed by atoms with Gasteiger partial charge < -0.3 is 24.4 Å². The zero-order valence-corrected chi connectivity index (χ0v) is 13.7. The predicted molar refractivity (Wildman–Crippen MR) is 89.3 cm³/mol. The van der Waals surface area contributed by atoms with Crippen molar-refractivity contribution in [2.75, 3.05) is 6.61 Å². The van der Waals surface area contributed by atoms with Crippen molar-refractivity contribution in [3.05, 3.63) is 71.8 Å². The summed E-state index contributed by atoms with van der Waals surface area (Å²) in [5, 5.41) is 19.7. The van der Waals surface area contributed by atoms with Crippen LogP contribution in [0.2, 0.25) is 0 Å². The molecule has 1 heterocycles. The Kier molecular flexibility index (Phi) is 5.62. The van der Waals surface area contributed by atoms with Gasteiger partial charge in [0.25, 0.3) is 0 Å². The summed E-state index contributed by atoms with van der Waals surface area (Å²) in [6.45, 7) is -0.283. The third-order valence-corrected chi connectivity index (χ3v) is 3.95. The van der Waals surface area contributed by atoms with E-state index in [9.17, 15) is 19.8 Å². The van der Waals surface area contributed by atoms with Crippen molar-refractivity contribution in [1.29, 1.82) is 0 Å². The Morgan fingerprint density at radius 1 is 0.885 bits per heavy atom. The van der Waals surface area contributed by atoms with E-state index < -0.39 is 36.5 Å². The lowest BCUT2D eigenvalue weighted by Crippen LogP contribution is -2.39. The molecule has 0 radical (unpaired) electrons. The van der Waals surface area contributed by atoms with E-state index in [1.165, 1.54) is 0 Å². The second-order valence-corrected chi connectivity index (χ2v) is 5.76. The van der Waals surface area contributed by atoms with E-state index in [0.717, 1.165) is 0 Å². The molecule has 0 unspecified atom stereocenters. The summed E-state index contributed by atoms with van der Waals surface area (Å²) >= 11 is 0. The number of aliphatic hydroxyl groups excluding tert-OH is 2. The minimum absolute atomic E-state index is 0.283. The van der Waals surface area contributed by atoms with Crippen molar-refractivity contribution < 1.29 is 34.0 Å². The van der Waals surface area contributed by atoms with Gasteiger partial charge in [-0.15, -0.1) is 0 Å². The third kappa shape index (κ3) is 4.08. The molecule has 1 aliphatic rings. The maximum absolute atomic E-state index is 12.2. The Balaban J connectivity index is 1.63. The molecule has 0 spiro atoms. The lowest BCUT2D eigenvalue weighted by atomic mass is 10.1. The molecule has 1 saturated heterocycles. The van der Waals surface area contributed by atoms with Crippen LogP contribution in [0.25, 0.3) is 0 Å². The second-order valence-electron chi connectivity index (χ2n) is 5.76. The van der Waals surface area contributed by atoms with Gasteiger partial charge in [0.15, 0.2) is 12.4 Å². The molecule has 1 aliphatic heterocycles. The number of benzene rings is 2. The number of esters is 2. The highest BCUT2D eigenvalue weighted by Crippen LogP contribution is 2.24. The van der Waals surface area contributed by atoms with Crippen molar-refractivity contribution in [3.63, 3.8) is 0 Å². The largest absolute Gasteiger partial charge is 0.459 e. The van der Waals surface area contributed by atoms with E-state index in [0.29, 0.717) is 11.1 Å². The molecule has 1 fully saturated rings. The van der Waals surface area contributed by atoms with Gasteiger partial charge in [-0.05, 0) is 24.3 Å².